The molecule has 0 spiro atoms. The Morgan fingerprint density at radius 1 is 0.542 bits per heavy atom. The van der Waals surface area contributed by atoms with Gasteiger partial charge < -0.3 is 0 Å². The van der Waals surface area contributed by atoms with Crippen LogP contribution in [0.5, 0.6) is 0 Å². The SMILES string of the molecule is CN(C)P1(N2CC2)=NP(N(C)C)(N2CC2)=NP(N2CC2)(N2CC2)=N1. The fraction of sp³-hybridized carbons (Fsp3) is 1.00. The van der Waals surface area contributed by atoms with Gasteiger partial charge in [-0.2, -0.15) is 13.5 Å². The summed E-state index contributed by atoms with van der Waals surface area (Å²) in [6, 6.07) is 0. The summed E-state index contributed by atoms with van der Waals surface area (Å²) in [6.07, 6.45) is 0. The number of hydrogen-bond donors (Lipinski definition) is 0. The van der Waals surface area contributed by atoms with Crippen LogP contribution in [0.3, 0.4) is 0 Å². The quantitative estimate of drug-likeness (QED) is 0.511. The second-order valence-corrected chi connectivity index (χ2v) is 16.6. The van der Waals surface area contributed by atoms with Crippen LogP contribution in [-0.2, 0) is 0 Å². The molecule has 4 saturated heterocycles. The maximum atomic E-state index is 5.59. The van der Waals surface area contributed by atoms with Crippen LogP contribution in [-0.4, -0.2) is 109 Å². The first-order chi connectivity index (χ1) is 11.4. The van der Waals surface area contributed by atoms with Crippen LogP contribution in [0.4, 0.5) is 0 Å². The van der Waals surface area contributed by atoms with Crippen LogP contribution < -0.4 is 0 Å². The van der Waals surface area contributed by atoms with Gasteiger partial charge in [-0.15, -0.1) is 0 Å². The first-order valence-corrected chi connectivity index (χ1v) is 13.5. The van der Waals surface area contributed by atoms with Crippen molar-refractivity contribution in [3.8, 4) is 0 Å². The second kappa shape index (κ2) is 5.25. The van der Waals surface area contributed by atoms with E-state index in [1.165, 1.54) is 0 Å². The molecule has 2 atom stereocenters. The largest absolute Gasteiger partial charge is 0.246 e. The fourth-order valence-electron chi connectivity index (χ4n) is 3.25. The minimum absolute atomic E-state index is 1.13. The first kappa shape index (κ1) is 16.6. The molecule has 9 nitrogen and oxygen atoms in total. The van der Waals surface area contributed by atoms with E-state index in [4.69, 9.17) is 13.5 Å². The van der Waals surface area contributed by atoms with Crippen LogP contribution in [0.1, 0.15) is 0 Å². The summed E-state index contributed by atoms with van der Waals surface area (Å²) in [5, 5.41) is 0. The fourth-order valence-corrected chi connectivity index (χ4v) is 18.6. The maximum absolute atomic E-state index is 5.59. The average molecular weight is 391 g/mol. The maximum Gasteiger partial charge on any atom is 0.221 e. The third-order valence-corrected chi connectivity index (χ3v) is 17.5. The van der Waals surface area contributed by atoms with E-state index in [-0.39, 0.29) is 0 Å². The molecule has 5 heterocycles. The highest BCUT2D eigenvalue weighted by Crippen LogP contribution is 2.85. The van der Waals surface area contributed by atoms with Gasteiger partial charge in [-0.05, 0) is 28.2 Å². The zero-order chi connectivity index (χ0) is 16.7. The zero-order valence-corrected chi connectivity index (χ0v) is 17.7. The Morgan fingerprint density at radius 3 is 1.25 bits per heavy atom. The van der Waals surface area contributed by atoms with Gasteiger partial charge in [0.2, 0.25) is 22.5 Å². The molecule has 0 aromatic carbocycles. The summed E-state index contributed by atoms with van der Waals surface area (Å²) in [5.41, 5.74) is 0. The third-order valence-electron chi connectivity index (χ3n) is 5.01. The van der Waals surface area contributed by atoms with Crippen LogP contribution in [0.2, 0.25) is 0 Å². The molecule has 0 N–H and O–H groups in total. The van der Waals surface area contributed by atoms with Crippen molar-refractivity contribution in [2.75, 3.05) is 80.5 Å². The van der Waals surface area contributed by atoms with E-state index in [9.17, 15) is 0 Å². The summed E-state index contributed by atoms with van der Waals surface area (Å²) < 4.78 is 31.5. The lowest BCUT2D eigenvalue weighted by Gasteiger charge is -2.42. The molecule has 136 valence electrons. The van der Waals surface area contributed by atoms with E-state index in [2.05, 4.69) is 56.2 Å². The monoisotopic (exact) mass is 391 g/mol. The average Bonchev–Trinajstić information content (AvgIpc) is 3.41. The zero-order valence-electron chi connectivity index (χ0n) is 15.0. The Balaban J connectivity index is 1.82. The van der Waals surface area contributed by atoms with Crippen molar-refractivity contribution >= 4 is 22.5 Å². The van der Waals surface area contributed by atoms with E-state index in [1.54, 1.807) is 0 Å². The van der Waals surface area contributed by atoms with Gasteiger partial charge in [-0.25, -0.2) is 28.0 Å². The molecule has 0 bridgehead atoms. The van der Waals surface area contributed by atoms with E-state index >= 15 is 0 Å². The Hall–Kier alpha value is 0.450. The summed E-state index contributed by atoms with van der Waals surface area (Å²) in [6.45, 7) is 9.13. The summed E-state index contributed by atoms with van der Waals surface area (Å²) in [5.74, 6) is 0. The molecule has 0 radical (unpaired) electrons. The summed E-state index contributed by atoms with van der Waals surface area (Å²) in [7, 11) is 2.76. The predicted molar refractivity (Wildman–Crippen MR) is 102 cm³/mol. The van der Waals surface area contributed by atoms with Crippen LogP contribution in [0.15, 0.2) is 13.5 Å². The van der Waals surface area contributed by atoms with Crippen LogP contribution >= 0.6 is 22.5 Å². The molecule has 0 aromatic heterocycles. The standard InChI is InChI=1S/C12H28N9P3/c1-16(2)22(18-5-6-18)13-23(17(3)4,19-7-8-19)15-24(14-22,20-9-10-20)21-11-12-21/h5-12H2,1-4H3. The lowest BCUT2D eigenvalue weighted by atomic mass is 11.0. The minimum atomic E-state index is -2.01. The van der Waals surface area contributed by atoms with Gasteiger partial charge >= 0.3 is 0 Å². The first-order valence-electron chi connectivity index (χ1n) is 8.72. The molecule has 5 rings (SSSR count). The lowest BCUT2D eigenvalue weighted by molar-refractivity contribution is 0.606. The number of rotatable bonds is 6. The van der Waals surface area contributed by atoms with Gasteiger partial charge in [0.1, 0.15) is 0 Å². The molecule has 24 heavy (non-hydrogen) atoms. The molecule has 5 aliphatic heterocycles. The van der Waals surface area contributed by atoms with Gasteiger partial charge in [-0.1, -0.05) is 0 Å². The molecule has 2 unspecified atom stereocenters. The molecular formula is C12H28N9P3. The summed E-state index contributed by atoms with van der Waals surface area (Å²) in [4.78, 5) is 0. The van der Waals surface area contributed by atoms with E-state index in [0.717, 1.165) is 52.4 Å². The molecule has 0 aliphatic carbocycles. The molecule has 0 amide bonds. The summed E-state index contributed by atoms with van der Waals surface area (Å²) >= 11 is 0. The van der Waals surface area contributed by atoms with Crippen molar-refractivity contribution in [2.45, 2.75) is 0 Å². The van der Waals surface area contributed by atoms with Crippen molar-refractivity contribution in [1.82, 2.24) is 28.0 Å². The van der Waals surface area contributed by atoms with E-state index in [1.807, 2.05) is 0 Å². The molecule has 5 aliphatic rings. The van der Waals surface area contributed by atoms with Crippen LogP contribution in [0, 0.1) is 0 Å². The van der Waals surface area contributed by atoms with Crippen molar-refractivity contribution in [3.63, 3.8) is 0 Å². The molecule has 0 aromatic rings. The second-order valence-electron chi connectivity index (χ2n) is 7.39. The highest BCUT2D eigenvalue weighted by Gasteiger charge is 2.56. The van der Waals surface area contributed by atoms with Gasteiger partial charge in [0.15, 0.2) is 0 Å². The van der Waals surface area contributed by atoms with Crippen molar-refractivity contribution in [1.29, 1.82) is 0 Å². The van der Waals surface area contributed by atoms with E-state index < -0.39 is 22.5 Å². The predicted octanol–water partition coefficient (Wildman–Crippen LogP) is 2.22. The Labute approximate surface area is 145 Å². The Bertz CT molecular complexity index is 590. The van der Waals surface area contributed by atoms with Gasteiger partial charge in [0.25, 0.3) is 0 Å². The normalized spacial score (nSPS) is 41.8. The molecular weight excluding hydrogens is 363 g/mol. The molecule has 4 fully saturated rings. The van der Waals surface area contributed by atoms with Gasteiger partial charge in [0, 0.05) is 52.4 Å². The van der Waals surface area contributed by atoms with Crippen LogP contribution in [0.25, 0.3) is 0 Å². The topological polar surface area (TPSA) is 55.6 Å². The highest BCUT2D eigenvalue weighted by molar-refractivity contribution is 7.83. The molecule has 0 saturated carbocycles. The van der Waals surface area contributed by atoms with Crippen molar-refractivity contribution in [2.24, 2.45) is 13.5 Å². The van der Waals surface area contributed by atoms with Crippen molar-refractivity contribution < 1.29 is 0 Å². The number of nitrogens with zero attached hydrogens (tertiary/aromatic N) is 9. The highest BCUT2D eigenvalue weighted by atomic mass is 31.3. The Morgan fingerprint density at radius 2 is 0.917 bits per heavy atom. The van der Waals surface area contributed by atoms with Crippen molar-refractivity contribution in [3.05, 3.63) is 0 Å². The molecule has 12 heteroatoms. The van der Waals surface area contributed by atoms with Gasteiger partial charge in [0.05, 0.1) is 0 Å². The Kier molecular flexibility index (Phi) is 3.63. The number of hydrogen-bond acceptors (Lipinski definition) is 9. The van der Waals surface area contributed by atoms with E-state index in [0.29, 0.717) is 0 Å². The smallest absolute Gasteiger partial charge is 0.221 e. The lowest BCUT2D eigenvalue weighted by Crippen LogP contribution is -2.21. The minimum Gasteiger partial charge on any atom is -0.246 e. The third kappa shape index (κ3) is 2.34. The van der Waals surface area contributed by atoms with Gasteiger partial charge in [-0.3, -0.25) is 0 Å².